The fourth-order valence-electron chi connectivity index (χ4n) is 2.55. The summed E-state index contributed by atoms with van der Waals surface area (Å²) in [6, 6.07) is 1.55. The summed E-state index contributed by atoms with van der Waals surface area (Å²) in [5.41, 5.74) is 5.02. The largest absolute Gasteiger partial charge is 0.383 e. The summed E-state index contributed by atoms with van der Waals surface area (Å²) < 4.78 is 24.1. The molecule has 3 heterocycles. The van der Waals surface area contributed by atoms with Gasteiger partial charge in [-0.1, -0.05) is 0 Å². The Labute approximate surface area is 128 Å². The average Bonchev–Trinajstić information content (AvgIpc) is 2.89. The molecule has 0 aliphatic carbocycles. The summed E-state index contributed by atoms with van der Waals surface area (Å²) in [5.74, 6) is -0.729. The van der Waals surface area contributed by atoms with E-state index < -0.39 is 17.7 Å². The summed E-state index contributed by atoms with van der Waals surface area (Å²) in [7, 11) is 0. The van der Waals surface area contributed by atoms with Crippen molar-refractivity contribution in [3.63, 3.8) is 0 Å². The second-order valence-corrected chi connectivity index (χ2v) is 5.67. The minimum atomic E-state index is -0.910. The zero-order valence-corrected chi connectivity index (χ0v) is 12.6. The van der Waals surface area contributed by atoms with Gasteiger partial charge in [-0.2, -0.15) is 4.98 Å². The van der Waals surface area contributed by atoms with E-state index >= 15 is 0 Å². The van der Waals surface area contributed by atoms with E-state index in [1.54, 1.807) is 19.2 Å². The van der Waals surface area contributed by atoms with Crippen LogP contribution in [0, 0.1) is 0 Å². The second kappa shape index (κ2) is 6.33. The molecule has 2 unspecified atom stereocenters. The lowest BCUT2D eigenvalue weighted by molar-refractivity contribution is -0.245. The highest BCUT2D eigenvalue weighted by Gasteiger charge is 2.39. The first-order valence-electron chi connectivity index (χ1n) is 7.45. The lowest BCUT2D eigenvalue weighted by Crippen LogP contribution is -2.37. The van der Waals surface area contributed by atoms with Crippen LogP contribution in [0.2, 0.25) is 0 Å². The van der Waals surface area contributed by atoms with Crippen molar-refractivity contribution in [2.24, 2.45) is 0 Å². The maximum absolute atomic E-state index is 11.8. The van der Waals surface area contributed by atoms with E-state index in [2.05, 4.69) is 4.98 Å². The molecule has 2 aliphatic rings. The third-order valence-corrected chi connectivity index (χ3v) is 3.75. The Hall–Kier alpha value is -1.48. The highest BCUT2D eigenvalue weighted by atomic mass is 16.8. The van der Waals surface area contributed by atoms with Crippen LogP contribution in [-0.4, -0.2) is 41.4 Å². The third kappa shape index (κ3) is 3.46. The predicted molar refractivity (Wildman–Crippen MR) is 76.9 cm³/mol. The maximum atomic E-state index is 11.8. The average molecular weight is 311 g/mol. The fraction of sp³-hybridized carbons (Fsp3) is 0.714. The smallest absolute Gasteiger partial charge is 0.351 e. The van der Waals surface area contributed by atoms with Crippen molar-refractivity contribution in [1.29, 1.82) is 0 Å². The summed E-state index contributed by atoms with van der Waals surface area (Å²) in [6.45, 7) is 2.99. The molecule has 0 radical (unpaired) electrons. The van der Waals surface area contributed by atoms with Gasteiger partial charge >= 0.3 is 5.69 Å². The van der Waals surface area contributed by atoms with E-state index in [9.17, 15) is 4.79 Å². The molecule has 1 aromatic rings. The molecular weight excluding hydrogens is 290 g/mol. The number of ether oxygens (including phenoxy) is 4. The number of nitrogens with two attached hydrogens (primary N) is 1. The Balaban J connectivity index is 1.59. The standard InChI is InChI=1S/C14H21N3O5/c1-14(9-20-12-4-2-3-7-19-12)21-8-11(22-14)17-6-5-10(15)16-13(17)18/h5-6,11-12H,2-4,7-9H2,1H3,(H2,15,16,18)/t11-,12?,14?/m1/s1. The lowest BCUT2D eigenvalue weighted by Gasteiger charge is -2.28. The molecule has 0 bridgehead atoms. The SMILES string of the molecule is CC1(COC2CCCCO2)OC[C@H](n2ccc(N)nc2=O)O1. The Morgan fingerprint density at radius 2 is 2.41 bits per heavy atom. The third-order valence-electron chi connectivity index (χ3n) is 3.75. The molecule has 2 aliphatic heterocycles. The van der Waals surface area contributed by atoms with Gasteiger partial charge in [0.2, 0.25) is 0 Å². The van der Waals surface area contributed by atoms with Crippen molar-refractivity contribution < 1.29 is 18.9 Å². The molecular formula is C14H21N3O5. The van der Waals surface area contributed by atoms with Crippen LogP contribution in [-0.2, 0) is 18.9 Å². The number of nitrogen functional groups attached to an aromatic ring is 1. The first kappa shape index (κ1) is 15.4. The molecule has 8 heteroatoms. The number of hydrogen-bond acceptors (Lipinski definition) is 7. The number of nitrogens with zero attached hydrogens (tertiary/aromatic N) is 2. The molecule has 2 fully saturated rings. The van der Waals surface area contributed by atoms with Gasteiger partial charge in [-0.3, -0.25) is 4.57 Å². The number of aromatic nitrogens is 2. The lowest BCUT2D eigenvalue weighted by atomic mass is 10.2. The van der Waals surface area contributed by atoms with Crippen LogP contribution in [0.1, 0.15) is 32.4 Å². The van der Waals surface area contributed by atoms with Gasteiger partial charge in [0.25, 0.3) is 0 Å². The van der Waals surface area contributed by atoms with E-state index in [-0.39, 0.29) is 25.3 Å². The van der Waals surface area contributed by atoms with Crippen molar-refractivity contribution >= 4 is 5.82 Å². The molecule has 2 N–H and O–H groups in total. The molecule has 1 aromatic heterocycles. The predicted octanol–water partition coefficient (Wildman–Crippen LogP) is 0.630. The van der Waals surface area contributed by atoms with Crippen molar-refractivity contribution in [2.45, 2.75) is 44.5 Å². The number of hydrogen-bond donors (Lipinski definition) is 1. The fourth-order valence-corrected chi connectivity index (χ4v) is 2.55. The van der Waals surface area contributed by atoms with Gasteiger partial charge in [0.05, 0.1) is 6.61 Å². The van der Waals surface area contributed by atoms with Crippen LogP contribution >= 0.6 is 0 Å². The van der Waals surface area contributed by atoms with Gasteiger partial charge < -0.3 is 24.7 Å². The van der Waals surface area contributed by atoms with E-state index in [1.807, 2.05) is 0 Å². The van der Waals surface area contributed by atoms with Gasteiger partial charge in [0, 0.05) is 12.8 Å². The molecule has 2 saturated heterocycles. The van der Waals surface area contributed by atoms with Crippen molar-refractivity contribution in [2.75, 3.05) is 25.6 Å². The molecule has 0 spiro atoms. The summed E-state index contributed by atoms with van der Waals surface area (Å²) in [6.07, 6.45) is 3.84. The van der Waals surface area contributed by atoms with Crippen LogP contribution in [0.25, 0.3) is 0 Å². The molecule has 3 atom stereocenters. The first-order valence-corrected chi connectivity index (χ1v) is 7.45. The molecule has 0 amide bonds. The molecule has 0 aromatic carbocycles. The minimum absolute atomic E-state index is 0.181. The van der Waals surface area contributed by atoms with E-state index in [4.69, 9.17) is 24.7 Å². The quantitative estimate of drug-likeness (QED) is 0.870. The van der Waals surface area contributed by atoms with Crippen LogP contribution in [0.5, 0.6) is 0 Å². The topological polar surface area (TPSA) is 97.8 Å². The van der Waals surface area contributed by atoms with Gasteiger partial charge in [-0.25, -0.2) is 4.79 Å². The van der Waals surface area contributed by atoms with Crippen molar-refractivity contribution in [3.8, 4) is 0 Å². The van der Waals surface area contributed by atoms with Crippen LogP contribution < -0.4 is 11.4 Å². The second-order valence-electron chi connectivity index (χ2n) is 5.67. The summed E-state index contributed by atoms with van der Waals surface area (Å²) in [4.78, 5) is 15.5. The van der Waals surface area contributed by atoms with E-state index in [0.29, 0.717) is 0 Å². The highest BCUT2D eigenvalue weighted by Crippen LogP contribution is 2.30. The Morgan fingerprint density at radius 3 is 3.14 bits per heavy atom. The Bertz CT molecular complexity index is 572. The molecule has 0 saturated carbocycles. The Morgan fingerprint density at radius 1 is 1.55 bits per heavy atom. The number of anilines is 1. The molecule has 122 valence electrons. The summed E-state index contributed by atoms with van der Waals surface area (Å²) in [5, 5.41) is 0. The van der Waals surface area contributed by atoms with Gasteiger partial charge in [0.15, 0.2) is 18.3 Å². The van der Waals surface area contributed by atoms with Gasteiger partial charge in [-0.15, -0.1) is 0 Å². The monoisotopic (exact) mass is 311 g/mol. The van der Waals surface area contributed by atoms with Crippen LogP contribution in [0.3, 0.4) is 0 Å². The molecule has 22 heavy (non-hydrogen) atoms. The van der Waals surface area contributed by atoms with Crippen molar-refractivity contribution in [1.82, 2.24) is 9.55 Å². The van der Waals surface area contributed by atoms with E-state index in [1.165, 1.54) is 4.57 Å². The highest BCUT2D eigenvalue weighted by molar-refractivity contribution is 5.23. The van der Waals surface area contributed by atoms with Gasteiger partial charge in [-0.05, 0) is 32.3 Å². The zero-order chi connectivity index (χ0) is 15.6. The summed E-state index contributed by atoms with van der Waals surface area (Å²) >= 11 is 0. The van der Waals surface area contributed by atoms with Gasteiger partial charge in [0.1, 0.15) is 12.4 Å². The first-order chi connectivity index (χ1) is 10.6. The van der Waals surface area contributed by atoms with Crippen LogP contribution in [0.15, 0.2) is 17.1 Å². The zero-order valence-electron chi connectivity index (χ0n) is 12.6. The molecule has 3 rings (SSSR count). The van der Waals surface area contributed by atoms with E-state index in [0.717, 1.165) is 25.9 Å². The Kier molecular flexibility index (Phi) is 4.44. The van der Waals surface area contributed by atoms with Crippen molar-refractivity contribution in [3.05, 3.63) is 22.7 Å². The minimum Gasteiger partial charge on any atom is -0.383 e. The van der Waals surface area contributed by atoms with Crippen LogP contribution in [0.4, 0.5) is 5.82 Å². The maximum Gasteiger partial charge on any atom is 0.351 e. The molecule has 8 nitrogen and oxygen atoms in total. The number of rotatable bonds is 4. The normalized spacial score (nSPS) is 32.2.